The fourth-order valence-electron chi connectivity index (χ4n) is 4.75. The molecule has 1 aromatic carbocycles. The predicted molar refractivity (Wildman–Crippen MR) is 119 cm³/mol. The quantitative estimate of drug-likeness (QED) is 0.720. The number of amides is 1. The zero-order chi connectivity index (χ0) is 23.0. The maximum atomic E-state index is 14.3. The van der Waals surface area contributed by atoms with Crippen LogP contribution in [0.4, 0.5) is 25.0 Å². The van der Waals surface area contributed by atoms with Gasteiger partial charge in [-0.1, -0.05) is 0 Å². The zero-order valence-electron chi connectivity index (χ0n) is 19.4. The second-order valence-corrected chi connectivity index (χ2v) is 10.2. The van der Waals surface area contributed by atoms with E-state index in [1.165, 1.54) is 12.1 Å². The molecule has 0 atom stereocenters. The predicted octanol–water partition coefficient (Wildman–Crippen LogP) is 4.09. The third-order valence-corrected chi connectivity index (χ3v) is 6.60. The molecule has 2 aliphatic heterocycles. The van der Waals surface area contributed by atoms with E-state index >= 15 is 0 Å². The zero-order valence-corrected chi connectivity index (χ0v) is 19.4. The minimum Gasteiger partial charge on any atom is -0.444 e. The second-order valence-electron chi connectivity index (χ2n) is 10.2. The number of piperidine rings is 1. The Kier molecular flexibility index (Phi) is 6.69. The van der Waals surface area contributed by atoms with E-state index in [-0.39, 0.29) is 23.0 Å². The third kappa shape index (κ3) is 5.40. The molecule has 8 heteroatoms. The van der Waals surface area contributed by atoms with Crippen LogP contribution in [0, 0.1) is 17.6 Å². The van der Waals surface area contributed by atoms with Gasteiger partial charge in [0.2, 0.25) is 0 Å². The molecular formula is C23H36F2N4O2. The molecule has 2 heterocycles. The monoisotopic (exact) mass is 438 g/mol. The van der Waals surface area contributed by atoms with Gasteiger partial charge in [-0.05, 0) is 65.5 Å². The van der Waals surface area contributed by atoms with Crippen molar-refractivity contribution in [1.29, 1.82) is 0 Å². The fourth-order valence-corrected chi connectivity index (χ4v) is 4.75. The van der Waals surface area contributed by atoms with Gasteiger partial charge in [0.15, 0.2) is 11.6 Å². The van der Waals surface area contributed by atoms with Gasteiger partial charge in [0.1, 0.15) is 11.3 Å². The van der Waals surface area contributed by atoms with Crippen molar-refractivity contribution in [2.75, 3.05) is 49.9 Å². The topological polar surface area (TPSA) is 62.0 Å². The summed E-state index contributed by atoms with van der Waals surface area (Å²) in [7, 11) is 0. The number of hydrogen-bond acceptors (Lipinski definition) is 5. The summed E-state index contributed by atoms with van der Waals surface area (Å²) in [5.74, 6) is -0.790. The number of rotatable bonds is 3. The molecule has 2 fully saturated rings. The minimum atomic E-state index is -0.611. The number of piperazine rings is 1. The highest BCUT2D eigenvalue weighted by molar-refractivity contribution is 5.68. The molecule has 0 bridgehead atoms. The standard InChI is InChI=1S/C23H36F2N4O2/c1-22(2,3)31-21(30)28-8-6-16(7-9-28)23(4,5)29-12-10-27(11-13-29)20-18(24)14-17(26)15-19(20)25/h14-16H,6-13,26H2,1-5H3. The third-order valence-electron chi connectivity index (χ3n) is 6.60. The number of halogens is 2. The Morgan fingerprint density at radius 2 is 1.48 bits per heavy atom. The minimum absolute atomic E-state index is 0.0114. The van der Waals surface area contributed by atoms with Gasteiger partial charge in [-0.3, -0.25) is 4.90 Å². The molecule has 3 rings (SSSR count). The number of carbonyl (C=O) groups is 1. The van der Waals surface area contributed by atoms with Gasteiger partial charge in [-0.15, -0.1) is 0 Å². The molecule has 6 nitrogen and oxygen atoms in total. The number of carbonyl (C=O) groups excluding carboxylic acids is 1. The van der Waals surface area contributed by atoms with Crippen LogP contribution in [-0.2, 0) is 4.74 Å². The lowest BCUT2D eigenvalue weighted by molar-refractivity contribution is -0.00191. The molecule has 0 radical (unpaired) electrons. The average Bonchev–Trinajstić information content (AvgIpc) is 2.66. The molecule has 0 unspecified atom stereocenters. The SMILES string of the molecule is CC(C)(C)OC(=O)N1CCC(C(C)(C)N2CCN(c3c(F)cc(N)cc3F)CC2)CC1. The van der Waals surface area contributed by atoms with E-state index in [4.69, 9.17) is 10.5 Å². The van der Waals surface area contributed by atoms with Crippen LogP contribution in [0.3, 0.4) is 0 Å². The fraction of sp³-hybridized carbons (Fsp3) is 0.696. The maximum Gasteiger partial charge on any atom is 0.410 e. The van der Waals surface area contributed by atoms with Crippen LogP contribution in [-0.4, -0.2) is 66.3 Å². The van der Waals surface area contributed by atoms with E-state index in [2.05, 4.69) is 18.7 Å². The Balaban J connectivity index is 1.57. The van der Waals surface area contributed by atoms with Crippen molar-refractivity contribution in [3.8, 4) is 0 Å². The van der Waals surface area contributed by atoms with Gasteiger partial charge >= 0.3 is 6.09 Å². The van der Waals surface area contributed by atoms with E-state index in [1.54, 1.807) is 9.80 Å². The first-order chi connectivity index (χ1) is 14.4. The van der Waals surface area contributed by atoms with Crippen LogP contribution >= 0.6 is 0 Å². The lowest BCUT2D eigenvalue weighted by Crippen LogP contribution is -2.59. The first-order valence-electron chi connectivity index (χ1n) is 11.1. The normalized spacial score (nSPS) is 19.6. The van der Waals surface area contributed by atoms with E-state index in [9.17, 15) is 13.6 Å². The van der Waals surface area contributed by atoms with Crippen LogP contribution < -0.4 is 10.6 Å². The molecule has 31 heavy (non-hydrogen) atoms. The number of anilines is 2. The van der Waals surface area contributed by atoms with Gasteiger partial charge < -0.3 is 20.3 Å². The van der Waals surface area contributed by atoms with Crippen molar-refractivity contribution in [1.82, 2.24) is 9.80 Å². The highest BCUT2D eigenvalue weighted by Gasteiger charge is 2.40. The smallest absolute Gasteiger partial charge is 0.410 e. The summed E-state index contributed by atoms with van der Waals surface area (Å²) in [4.78, 5) is 18.3. The molecule has 2 N–H and O–H groups in total. The van der Waals surface area contributed by atoms with Crippen molar-refractivity contribution in [2.24, 2.45) is 5.92 Å². The lowest BCUT2D eigenvalue weighted by Gasteiger charge is -2.50. The highest BCUT2D eigenvalue weighted by atomic mass is 19.1. The Labute approximate surface area is 184 Å². The number of benzene rings is 1. The molecule has 0 aliphatic carbocycles. The largest absolute Gasteiger partial charge is 0.444 e. The van der Waals surface area contributed by atoms with Crippen molar-refractivity contribution in [3.05, 3.63) is 23.8 Å². The second kappa shape index (κ2) is 8.81. The summed E-state index contributed by atoms with van der Waals surface area (Å²) < 4.78 is 34.1. The number of nitrogen functional groups attached to an aromatic ring is 1. The molecule has 2 saturated heterocycles. The van der Waals surface area contributed by atoms with Gasteiger partial charge in [0.25, 0.3) is 0 Å². The first-order valence-corrected chi connectivity index (χ1v) is 11.1. The molecule has 1 aromatic rings. The molecule has 174 valence electrons. The van der Waals surface area contributed by atoms with Crippen LogP contribution in [0.5, 0.6) is 0 Å². The van der Waals surface area contributed by atoms with Crippen LogP contribution in [0.1, 0.15) is 47.5 Å². The summed E-state index contributed by atoms with van der Waals surface area (Å²) in [6.45, 7) is 14.0. The number of ether oxygens (including phenoxy) is 1. The number of likely N-dealkylation sites (tertiary alicyclic amines) is 1. The van der Waals surface area contributed by atoms with Crippen molar-refractivity contribution in [3.63, 3.8) is 0 Å². The molecule has 0 aromatic heterocycles. The van der Waals surface area contributed by atoms with Crippen LogP contribution in [0.25, 0.3) is 0 Å². The lowest BCUT2D eigenvalue weighted by atomic mass is 9.78. The number of nitrogens with zero attached hydrogens (tertiary/aromatic N) is 3. The van der Waals surface area contributed by atoms with Crippen LogP contribution in [0.15, 0.2) is 12.1 Å². The summed E-state index contributed by atoms with van der Waals surface area (Å²) in [5.41, 5.74) is 5.09. The summed E-state index contributed by atoms with van der Waals surface area (Å²) in [5, 5.41) is 0. The maximum absolute atomic E-state index is 14.3. The Hall–Kier alpha value is -2.09. The van der Waals surface area contributed by atoms with E-state index < -0.39 is 17.2 Å². The van der Waals surface area contributed by atoms with Gasteiger partial charge in [0, 0.05) is 50.5 Å². The number of nitrogens with two attached hydrogens (primary N) is 1. The summed E-state index contributed by atoms with van der Waals surface area (Å²) >= 11 is 0. The Bertz CT molecular complexity index is 770. The Morgan fingerprint density at radius 3 is 1.97 bits per heavy atom. The van der Waals surface area contributed by atoms with Crippen molar-refractivity contribution in [2.45, 2.75) is 58.6 Å². The molecule has 0 spiro atoms. The van der Waals surface area contributed by atoms with E-state index in [0.29, 0.717) is 32.1 Å². The van der Waals surface area contributed by atoms with Gasteiger partial charge in [-0.2, -0.15) is 0 Å². The number of hydrogen-bond donors (Lipinski definition) is 1. The van der Waals surface area contributed by atoms with Crippen LogP contribution in [0.2, 0.25) is 0 Å². The summed E-state index contributed by atoms with van der Waals surface area (Å²) in [6.07, 6.45) is 1.58. The first kappa shape index (κ1) is 23.6. The summed E-state index contributed by atoms with van der Waals surface area (Å²) in [6, 6.07) is 2.35. The van der Waals surface area contributed by atoms with Gasteiger partial charge in [0.05, 0.1) is 0 Å². The van der Waals surface area contributed by atoms with E-state index in [1.807, 2.05) is 20.8 Å². The molecule has 0 saturated carbocycles. The average molecular weight is 439 g/mol. The highest BCUT2D eigenvalue weighted by Crippen LogP contribution is 2.35. The molecule has 2 aliphatic rings. The van der Waals surface area contributed by atoms with Gasteiger partial charge in [-0.25, -0.2) is 13.6 Å². The molecular weight excluding hydrogens is 402 g/mol. The van der Waals surface area contributed by atoms with Crippen molar-refractivity contribution >= 4 is 17.5 Å². The molecule has 1 amide bonds. The van der Waals surface area contributed by atoms with Crippen molar-refractivity contribution < 1.29 is 18.3 Å². The Morgan fingerprint density at radius 1 is 0.968 bits per heavy atom. The van der Waals surface area contributed by atoms with E-state index in [0.717, 1.165) is 25.9 Å².